The number of esters is 1. The van der Waals surface area contributed by atoms with Gasteiger partial charge in [-0.15, -0.1) is 0 Å². The molecule has 0 aromatic carbocycles. The summed E-state index contributed by atoms with van der Waals surface area (Å²) in [5.41, 5.74) is 0. The molecule has 1 fully saturated rings. The number of carbonyl (C=O) groups is 1. The van der Waals surface area contributed by atoms with Crippen LogP contribution in [0.15, 0.2) is 12.2 Å². The number of rotatable bonds is 0. The summed E-state index contributed by atoms with van der Waals surface area (Å²) in [5.74, 6) is -0.753. The summed E-state index contributed by atoms with van der Waals surface area (Å²) in [5, 5.41) is 0. The Balaban J connectivity index is 2.04. The molecule has 0 aromatic rings. The van der Waals surface area contributed by atoms with E-state index in [1.807, 2.05) is 13.0 Å². The molecular formula is C12H18O4. The van der Waals surface area contributed by atoms with E-state index < -0.39 is 5.79 Å². The van der Waals surface area contributed by atoms with E-state index in [0.717, 1.165) is 6.42 Å². The molecule has 1 saturated heterocycles. The van der Waals surface area contributed by atoms with Gasteiger partial charge in [-0.05, 0) is 6.92 Å². The molecule has 2 rings (SSSR count). The van der Waals surface area contributed by atoms with E-state index in [4.69, 9.17) is 14.2 Å². The Morgan fingerprint density at radius 1 is 1.31 bits per heavy atom. The molecule has 4 nitrogen and oxygen atoms in total. The van der Waals surface area contributed by atoms with E-state index in [1.165, 1.54) is 0 Å². The van der Waals surface area contributed by atoms with Crippen molar-refractivity contribution in [2.45, 2.75) is 44.5 Å². The molecular weight excluding hydrogens is 208 g/mol. The van der Waals surface area contributed by atoms with Gasteiger partial charge in [-0.3, -0.25) is 4.79 Å². The Morgan fingerprint density at radius 2 is 2.06 bits per heavy atom. The highest BCUT2D eigenvalue weighted by atomic mass is 16.7. The zero-order valence-electron chi connectivity index (χ0n) is 9.61. The summed E-state index contributed by atoms with van der Waals surface area (Å²) in [4.78, 5) is 11.5. The molecule has 2 heterocycles. The number of ether oxygens (including phenoxy) is 3. The van der Waals surface area contributed by atoms with Crippen LogP contribution >= 0.6 is 0 Å². The van der Waals surface area contributed by atoms with Gasteiger partial charge in [-0.1, -0.05) is 12.2 Å². The number of cyclic esters (lactones) is 1. The monoisotopic (exact) mass is 226 g/mol. The third-order valence-corrected chi connectivity index (χ3v) is 2.92. The Kier molecular flexibility index (Phi) is 3.61. The average Bonchev–Trinajstić information content (AvgIpc) is 2.71. The highest BCUT2D eigenvalue weighted by Gasteiger charge is 2.36. The minimum Gasteiger partial charge on any atom is -0.462 e. The van der Waals surface area contributed by atoms with Gasteiger partial charge in [0.1, 0.15) is 6.10 Å². The lowest BCUT2D eigenvalue weighted by Crippen LogP contribution is -2.31. The van der Waals surface area contributed by atoms with Gasteiger partial charge in [-0.25, -0.2) is 0 Å². The first kappa shape index (κ1) is 11.6. The molecule has 0 N–H and O–H groups in total. The molecule has 0 saturated carbocycles. The predicted octanol–water partition coefficient (Wildman–Crippen LogP) is 1.79. The molecule has 0 aliphatic carbocycles. The van der Waals surface area contributed by atoms with Crippen LogP contribution in [-0.2, 0) is 19.0 Å². The molecule has 4 heteroatoms. The van der Waals surface area contributed by atoms with Crippen LogP contribution in [0.4, 0.5) is 0 Å². The van der Waals surface area contributed by atoms with Crippen molar-refractivity contribution in [2.24, 2.45) is 0 Å². The van der Waals surface area contributed by atoms with Crippen LogP contribution in [0.2, 0.25) is 0 Å². The Morgan fingerprint density at radius 3 is 2.81 bits per heavy atom. The first-order chi connectivity index (χ1) is 7.70. The van der Waals surface area contributed by atoms with Crippen molar-refractivity contribution < 1.29 is 19.0 Å². The zero-order valence-corrected chi connectivity index (χ0v) is 9.61. The minimum absolute atomic E-state index is 0.0387. The van der Waals surface area contributed by atoms with E-state index in [0.29, 0.717) is 32.5 Å². The second kappa shape index (κ2) is 4.97. The fourth-order valence-corrected chi connectivity index (χ4v) is 2.04. The predicted molar refractivity (Wildman–Crippen MR) is 57.8 cm³/mol. The van der Waals surface area contributed by atoms with E-state index in [1.54, 1.807) is 0 Å². The van der Waals surface area contributed by atoms with E-state index in [9.17, 15) is 4.79 Å². The van der Waals surface area contributed by atoms with E-state index >= 15 is 0 Å². The van der Waals surface area contributed by atoms with E-state index in [2.05, 4.69) is 6.08 Å². The maximum Gasteiger partial charge on any atom is 0.306 e. The molecule has 2 aliphatic heterocycles. The topological polar surface area (TPSA) is 44.8 Å². The van der Waals surface area contributed by atoms with Crippen LogP contribution in [0, 0.1) is 0 Å². The molecule has 0 aromatic heterocycles. The Hall–Kier alpha value is -0.870. The summed E-state index contributed by atoms with van der Waals surface area (Å²) < 4.78 is 16.4. The Bertz CT molecular complexity index is 279. The molecule has 0 amide bonds. The lowest BCUT2D eigenvalue weighted by Gasteiger charge is -2.26. The average molecular weight is 226 g/mol. The first-order valence-corrected chi connectivity index (χ1v) is 5.83. The van der Waals surface area contributed by atoms with Crippen LogP contribution in [0.1, 0.15) is 32.6 Å². The van der Waals surface area contributed by atoms with Crippen molar-refractivity contribution in [2.75, 3.05) is 13.2 Å². The second-order valence-electron chi connectivity index (χ2n) is 4.32. The van der Waals surface area contributed by atoms with Crippen LogP contribution in [0.5, 0.6) is 0 Å². The highest BCUT2D eigenvalue weighted by molar-refractivity contribution is 5.69. The lowest BCUT2D eigenvalue weighted by atomic mass is 10.0. The van der Waals surface area contributed by atoms with Gasteiger partial charge in [0.05, 0.1) is 19.6 Å². The van der Waals surface area contributed by atoms with Gasteiger partial charge in [0.25, 0.3) is 0 Å². The molecule has 0 radical (unpaired) electrons. The molecule has 1 spiro atoms. The number of hydrogen-bond donors (Lipinski definition) is 0. The molecule has 16 heavy (non-hydrogen) atoms. The van der Waals surface area contributed by atoms with Gasteiger partial charge in [0.15, 0.2) is 5.79 Å². The summed E-state index contributed by atoms with van der Waals surface area (Å²) >= 11 is 0. The van der Waals surface area contributed by atoms with Gasteiger partial charge in [-0.2, -0.15) is 0 Å². The van der Waals surface area contributed by atoms with Crippen LogP contribution in [0.3, 0.4) is 0 Å². The van der Waals surface area contributed by atoms with Crippen molar-refractivity contribution in [3.8, 4) is 0 Å². The summed E-state index contributed by atoms with van der Waals surface area (Å²) in [6, 6.07) is 0. The van der Waals surface area contributed by atoms with Gasteiger partial charge >= 0.3 is 5.97 Å². The third kappa shape index (κ3) is 2.83. The van der Waals surface area contributed by atoms with Crippen molar-refractivity contribution in [3.63, 3.8) is 0 Å². The first-order valence-electron chi connectivity index (χ1n) is 5.83. The lowest BCUT2D eigenvalue weighted by molar-refractivity contribution is -0.171. The zero-order chi connectivity index (χ0) is 11.4. The molecule has 0 bridgehead atoms. The van der Waals surface area contributed by atoms with Crippen LogP contribution in [0.25, 0.3) is 0 Å². The van der Waals surface area contributed by atoms with E-state index in [-0.39, 0.29) is 12.1 Å². The van der Waals surface area contributed by atoms with Crippen molar-refractivity contribution in [1.29, 1.82) is 0 Å². The van der Waals surface area contributed by atoms with Crippen molar-refractivity contribution in [3.05, 3.63) is 12.2 Å². The molecule has 1 atom stereocenters. The largest absolute Gasteiger partial charge is 0.462 e. The van der Waals surface area contributed by atoms with Crippen LogP contribution < -0.4 is 0 Å². The summed E-state index contributed by atoms with van der Waals surface area (Å²) in [6.07, 6.45) is 6.44. The molecule has 2 aliphatic rings. The molecule has 1 unspecified atom stereocenters. The SMILES string of the molecule is CC1CC=CCC2(CCC(=O)O1)OCCO2. The van der Waals surface area contributed by atoms with Gasteiger partial charge < -0.3 is 14.2 Å². The fourth-order valence-electron chi connectivity index (χ4n) is 2.04. The van der Waals surface area contributed by atoms with Gasteiger partial charge in [0, 0.05) is 19.3 Å². The number of carbonyl (C=O) groups excluding carboxylic acids is 1. The van der Waals surface area contributed by atoms with Crippen LogP contribution in [-0.4, -0.2) is 31.1 Å². The van der Waals surface area contributed by atoms with Crippen molar-refractivity contribution in [1.82, 2.24) is 0 Å². The number of hydrogen-bond acceptors (Lipinski definition) is 4. The minimum atomic E-state index is -0.587. The summed E-state index contributed by atoms with van der Waals surface area (Å²) in [6.45, 7) is 3.13. The smallest absolute Gasteiger partial charge is 0.306 e. The standard InChI is InChI=1S/C12H18O4/c1-10-4-2-3-6-12(14-8-9-15-12)7-5-11(13)16-10/h2-3,10H,4-9H2,1H3. The fraction of sp³-hybridized carbons (Fsp3) is 0.750. The van der Waals surface area contributed by atoms with Crippen molar-refractivity contribution >= 4 is 5.97 Å². The molecule has 90 valence electrons. The quantitative estimate of drug-likeness (QED) is 0.466. The second-order valence-corrected chi connectivity index (χ2v) is 4.32. The highest BCUT2D eigenvalue weighted by Crippen LogP contribution is 2.30. The normalized spacial score (nSPS) is 30.3. The maximum absolute atomic E-state index is 11.5. The summed E-state index contributed by atoms with van der Waals surface area (Å²) in [7, 11) is 0. The maximum atomic E-state index is 11.5. The Labute approximate surface area is 95.6 Å². The third-order valence-electron chi connectivity index (χ3n) is 2.92. The van der Waals surface area contributed by atoms with Gasteiger partial charge in [0.2, 0.25) is 0 Å².